The molecule has 0 atom stereocenters. The lowest BCUT2D eigenvalue weighted by molar-refractivity contribution is -0.142. The third-order valence-electron chi connectivity index (χ3n) is 4.11. The van der Waals surface area contributed by atoms with Gasteiger partial charge < -0.3 is 14.7 Å². The highest BCUT2D eigenvalue weighted by Gasteiger charge is 2.25. The number of hydrogen-bond donors (Lipinski definition) is 1. The number of fused-ring (bicyclic) bond motifs is 1. The zero-order valence-electron chi connectivity index (χ0n) is 12.0. The van der Waals surface area contributed by atoms with E-state index in [1.165, 1.54) is 0 Å². The Morgan fingerprint density at radius 2 is 2.10 bits per heavy atom. The lowest BCUT2D eigenvalue weighted by Crippen LogP contribution is -2.36. The lowest BCUT2D eigenvalue weighted by Gasteiger charge is -2.32. The van der Waals surface area contributed by atoms with E-state index in [2.05, 4.69) is 9.88 Å². The van der Waals surface area contributed by atoms with Gasteiger partial charge in [-0.1, -0.05) is 12.1 Å². The fourth-order valence-corrected chi connectivity index (χ4v) is 2.96. The van der Waals surface area contributed by atoms with Crippen LogP contribution in [0.2, 0.25) is 0 Å². The Morgan fingerprint density at radius 1 is 1.33 bits per heavy atom. The third-order valence-corrected chi connectivity index (χ3v) is 4.11. The van der Waals surface area contributed by atoms with Crippen LogP contribution in [0.3, 0.4) is 0 Å². The van der Waals surface area contributed by atoms with Crippen molar-refractivity contribution in [3.8, 4) is 5.88 Å². The van der Waals surface area contributed by atoms with Crippen LogP contribution in [-0.4, -0.2) is 36.3 Å². The predicted octanol–water partition coefficient (Wildman–Crippen LogP) is 2.54. The summed E-state index contributed by atoms with van der Waals surface area (Å²) in [5, 5.41) is 11.2. The number of carboxylic acids is 1. The molecular weight excluding hydrogens is 268 g/mol. The zero-order chi connectivity index (χ0) is 14.8. The molecule has 0 amide bonds. The first-order valence-electron chi connectivity index (χ1n) is 7.10. The van der Waals surface area contributed by atoms with Gasteiger partial charge in [0.1, 0.15) is 0 Å². The maximum atomic E-state index is 11.1. The van der Waals surface area contributed by atoms with Gasteiger partial charge >= 0.3 is 5.97 Å². The van der Waals surface area contributed by atoms with Crippen molar-refractivity contribution in [2.75, 3.05) is 25.1 Å². The topological polar surface area (TPSA) is 62.7 Å². The highest BCUT2D eigenvalue weighted by Crippen LogP contribution is 2.34. The normalized spacial score (nSPS) is 16.1. The maximum absolute atomic E-state index is 11.1. The molecule has 1 aromatic heterocycles. The molecule has 0 radical (unpaired) electrons. The highest BCUT2D eigenvalue weighted by atomic mass is 16.5. The second-order valence-corrected chi connectivity index (χ2v) is 5.30. The molecule has 2 aromatic rings. The van der Waals surface area contributed by atoms with E-state index in [0.717, 1.165) is 29.5 Å². The van der Waals surface area contributed by atoms with E-state index in [4.69, 9.17) is 9.84 Å². The fraction of sp³-hybridized carbons (Fsp3) is 0.375. The van der Waals surface area contributed by atoms with Gasteiger partial charge in [-0.05, 0) is 30.4 Å². The van der Waals surface area contributed by atoms with Crippen molar-refractivity contribution in [1.82, 2.24) is 4.98 Å². The van der Waals surface area contributed by atoms with Crippen molar-refractivity contribution in [3.05, 3.63) is 30.5 Å². The molecular formula is C16H18N2O3. The minimum atomic E-state index is -0.688. The van der Waals surface area contributed by atoms with E-state index in [9.17, 15) is 4.79 Å². The summed E-state index contributed by atoms with van der Waals surface area (Å²) in [6.07, 6.45) is 3.09. The number of carboxylic acid groups (broad SMARTS) is 1. The summed E-state index contributed by atoms with van der Waals surface area (Å²) >= 11 is 0. The van der Waals surface area contributed by atoms with Crippen molar-refractivity contribution in [2.24, 2.45) is 5.92 Å². The lowest BCUT2D eigenvalue weighted by atomic mass is 9.96. The standard InChI is InChI=1S/C16H18N2O3/c1-21-15-14-11(5-8-17-15)3-2-4-13(14)18-9-6-12(7-10-18)16(19)20/h2-5,8,12H,6-7,9-10H2,1H3,(H,19,20). The minimum absolute atomic E-state index is 0.226. The van der Waals surface area contributed by atoms with Gasteiger partial charge in [0.05, 0.1) is 24.1 Å². The molecule has 3 rings (SSSR count). The molecule has 1 aliphatic heterocycles. The summed E-state index contributed by atoms with van der Waals surface area (Å²) < 4.78 is 5.39. The Kier molecular flexibility index (Phi) is 3.64. The average Bonchev–Trinajstić information content (AvgIpc) is 2.53. The summed E-state index contributed by atoms with van der Waals surface area (Å²) in [4.78, 5) is 17.6. The van der Waals surface area contributed by atoms with Crippen LogP contribution < -0.4 is 9.64 Å². The molecule has 1 fully saturated rings. The van der Waals surface area contributed by atoms with Gasteiger partial charge in [0.15, 0.2) is 0 Å². The number of methoxy groups -OCH3 is 1. The Labute approximate surface area is 123 Å². The number of ether oxygens (including phenoxy) is 1. The number of piperidine rings is 1. The van der Waals surface area contributed by atoms with Crippen LogP contribution >= 0.6 is 0 Å². The van der Waals surface area contributed by atoms with Crippen LogP contribution in [0.1, 0.15) is 12.8 Å². The number of aromatic nitrogens is 1. The number of aliphatic carboxylic acids is 1. The van der Waals surface area contributed by atoms with Crippen LogP contribution in [0.4, 0.5) is 5.69 Å². The highest BCUT2D eigenvalue weighted by molar-refractivity contribution is 5.98. The van der Waals surface area contributed by atoms with Crippen molar-refractivity contribution in [1.29, 1.82) is 0 Å². The van der Waals surface area contributed by atoms with E-state index < -0.39 is 5.97 Å². The average molecular weight is 286 g/mol. The van der Waals surface area contributed by atoms with Crippen LogP contribution in [0.25, 0.3) is 10.8 Å². The molecule has 1 aliphatic rings. The molecule has 1 aromatic carbocycles. The van der Waals surface area contributed by atoms with Gasteiger partial charge in [-0.3, -0.25) is 4.79 Å². The molecule has 2 heterocycles. The third kappa shape index (κ3) is 2.51. The smallest absolute Gasteiger partial charge is 0.306 e. The van der Waals surface area contributed by atoms with Crippen molar-refractivity contribution in [2.45, 2.75) is 12.8 Å². The van der Waals surface area contributed by atoms with Crippen molar-refractivity contribution >= 4 is 22.4 Å². The van der Waals surface area contributed by atoms with Crippen molar-refractivity contribution < 1.29 is 14.6 Å². The van der Waals surface area contributed by atoms with Gasteiger partial charge in [-0.25, -0.2) is 4.98 Å². The van der Waals surface area contributed by atoms with E-state index >= 15 is 0 Å². The number of pyridine rings is 1. The van der Waals surface area contributed by atoms with Crippen LogP contribution in [0, 0.1) is 5.92 Å². The quantitative estimate of drug-likeness (QED) is 0.939. The first-order chi connectivity index (χ1) is 10.2. The van der Waals surface area contributed by atoms with Crippen LogP contribution in [0.5, 0.6) is 5.88 Å². The SMILES string of the molecule is COc1nccc2cccc(N3CCC(C(=O)O)CC3)c12. The zero-order valence-corrected chi connectivity index (χ0v) is 12.0. The molecule has 0 saturated carbocycles. The number of hydrogen-bond acceptors (Lipinski definition) is 4. The Morgan fingerprint density at radius 3 is 2.76 bits per heavy atom. The second-order valence-electron chi connectivity index (χ2n) is 5.30. The Bertz CT molecular complexity index is 658. The predicted molar refractivity (Wildman–Crippen MR) is 80.9 cm³/mol. The molecule has 0 spiro atoms. The maximum Gasteiger partial charge on any atom is 0.306 e. The minimum Gasteiger partial charge on any atom is -0.481 e. The summed E-state index contributed by atoms with van der Waals surface area (Å²) in [7, 11) is 1.62. The fourth-order valence-electron chi connectivity index (χ4n) is 2.96. The first kappa shape index (κ1) is 13.7. The Balaban J connectivity index is 1.96. The summed E-state index contributed by atoms with van der Waals surface area (Å²) in [5.41, 5.74) is 1.07. The molecule has 5 nitrogen and oxygen atoms in total. The second kappa shape index (κ2) is 5.60. The van der Waals surface area contributed by atoms with Gasteiger partial charge in [0.2, 0.25) is 5.88 Å². The molecule has 0 aliphatic carbocycles. The van der Waals surface area contributed by atoms with Gasteiger partial charge in [-0.15, -0.1) is 0 Å². The number of benzene rings is 1. The monoisotopic (exact) mass is 286 g/mol. The van der Waals surface area contributed by atoms with E-state index in [1.807, 2.05) is 24.3 Å². The summed E-state index contributed by atoms with van der Waals surface area (Å²) in [6, 6.07) is 8.06. The molecule has 110 valence electrons. The molecule has 21 heavy (non-hydrogen) atoms. The largest absolute Gasteiger partial charge is 0.481 e. The molecule has 0 unspecified atom stereocenters. The molecule has 1 saturated heterocycles. The molecule has 1 N–H and O–H groups in total. The van der Waals surface area contributed by atoms with Crippen LogP contribution in [0.15, 0.2) is 30.5 Å². The van der Waals surface area contributed by atoms with Gasteiger partial charge in [0, 0.05) is 19.3 Å². The van der Waals surface area contributed by atoms with E-state index in [1.54, 1.807) is 13.3 Å². The van der Waals surface area contributed by atoms with Crippen LogP contribution in [-0.2, 0) is 4.79 Å². The number of rotatable bonds is 3. The molecule has 5 heteroatoms. The first-order valence-corrected chi connectivity index (χ1v) is 7.10. The van der Waals surface area contributed by atoms with Gasteiger partial charge in [-0.2, -0.15) is 0 Å². The Hall–Kier alpha value is -2.30. The number of carbonyl (C=O) groups is 1. The van der Waals surface area contributed by atoms with E-state index in [0.29, 0.717) is 18.7 Å². The van der Waals surface area contributed by atoms with Gasteiger partial charge in [0.25, 0.3) is 0 Å². The summed E-state index contributed by atoms with van der Waals surface area (Å²) in [6.45, 7) is 1.49. The number of nitrogens with zero attached hydrogens (tertiary/aromatic N) is 2. The molecule has 0 bridgehead atoms. The number of anilines is 1. The summed E-state index contributed by atoms with van der Waals surface area (Å²) in [5.74, 6) is -0.300. The van der Waals surface area contributed by atoms with E-state index in [-0.39, 0.29) is 5.92 Å². The van der Waals surface area contributed by atoms with Crippen molar-refractivity contribution in [3.63, 3.8) is 0 Å².